The van der Waals surface area contributed by atoms with Crippen molar-refractivity contribution < 1.29 is 19.8 Å². The zero-order valence-corrected chi connectivity index (χ0v) is 12.6. The third-order valence-electron chi connectivity index (χ3n) is 2.87. The van der Waals surface area contributed by atoms with Crippen LogP contribution in [-0.4, -0.2) is 22.2 Å². The lowest BCUT2D eigenvalue weighted by atomic mass is 10.0. The number of hydrogen-bond donors (Lipinski definition) is 2. The van der Waals surface area contributed by atoms with E-state index in [1.54, 1.807) is 0 Å². The summed E-state index contributed by atoms with van der Waals surface area (Å²) in [5.74, 6) is -2.31. The zero-order valence-electron chi connectivity index (χ0n) is 9.44. The summed E-state index contributed by atoms with van der Waals surface area (Å²) in [5.41, 5.74) is 0.00583. The Kier molecular flexibility index (Phi) is 3.13. The van der Waals surface area contributed by atoms with Crippen molar-refractivity contribution in [2.45, 2.75) is 0 Å². The van der Waals surface area contributed by atoms with Crippen LogP contribution in [0.5, 0.6) is 0 Å². The number of carbonyl (C=O) groups is 2. The second-order valence-electron chi connectivity index (χ2n) is 3.94. The molecule has 3 aromatic rings. The summed E-state index contributed by atoms with van der Waals surface area (Å²) in [6.07, 6.45) is 0. The van der Waals surface area contributed by atoms with Gasteiger partial charge in [-0.25, -0.2) is 9.59 Å². The van der Waals surface area contributed by atoms with Crippen LogP contribution in [0.15, 0.2) is 10.8 Å². The summed E-state index contributed by atoms with van der Waals surface area (Å²) in [4.78, 5) is 23.1. The maximum absolute atomic E-state index is 11.5. The molecule has 0 bridgehead atoms. The van der Waals surface area contributed by atoms with E-state index in [-0.39, 0.29) is 31.9 Å². The summed E-state index contributed by atoms with van der Waals surface area (Å²) in [5, 5.41) is 22.9. The van der Waals surface area contributed by atoms with Gasteiger partial charge in [-0.1, -0.05) is 23.2 Å². The first-order valence-corrected chi connectivity index (χ1v) is 7.71. The van der Waals surface area contributed by atoms with Crippen molar-refractivity contribution >= 4 is 78.0 Å². The predicted molar refractivity (Wildman–Crippen MR) is 81.1 cm³/mol. The molecule has 2 aromatic heterocycles. The van der Waals surface area contributed by atoms with E-state index in [1.807, 2.05) is 0 Å². The van der Waals surface area contributed by atoms with Crippen LogP contribution in [0, 0.1) is 0 Å². The van der Waals surface area contributed by atoms with Crippen LogP contribution in [0.2, 0.25) is 10.0 Å². The number of fused-ring (bicyclic) bond motifs is 2. The summed E-state index contributed by atoms with van der Waals surface area (Å²) >= 11 is 14.3. The minimum absolute atomic E-state index is 0.00292. The van der Waals surface area contributed by atoms with Gasteiger partial charge in [-0.3, -0.25) is 0 Å². The first-order valence-electron chi connectivity index (χ1n) is 5.19. The van der Waals surface area contributed by atoms with Crippen molar-refractivity contribution in [1.29, 1.82) is 0 Å². The van der Waals surface area contributed by atoms with Crippen molar-refractivity contribution in [2.75, 3.05) is 0 Å². The monoisotopic (exact) mass is 346 g/mol. The molecule has 0 aliphatic rings. The second kappa shape index (κ2) is 4.60. The third-order valence-corrected chi connectivity index (χ3v) is 5.72. The number of halogens is 2. The molecule has 0 aliphatic heterocycles. The molecule has 0 saturated heterocycles. The Hall–Kier alpha value is -1.34. The first kappa shape index (κ1) is 13.6. The minimum atomic E-state index is -1.16. The van der Waals surface area contributed by atoms with Gasteiger partial charge in [0.1, 0.15) is 0 Å². The Morgan fingerprint density at radius 2 is 1.20 bits per heavy atom. The van der Waals surface area contributed by atoms with E-state index in [9.17, 15) is 19.8 Å². The molecule has 0 fully saturated rings. The van der Waals surface area contributed by atoms with Crippen molar-refractivity contribution in [2.24, 2.45) is 0 Å². The van der Waals surface area contributed by atoms with Crippen molar-refractivity contribution in [3.05, 3.63) is 31.9 Å². The number of carboxylic acid groups (broad SMARTS) is 2. The Morgan fingerprint density at radius 3 is 1.50 bits per heavy atom. The SMILES string of the molecule is O=C(O)c1c2scc(Cl)c2c(C(=O)O)c2scc(Cl)c12. The highest BCUT2D eigenvalue weighted by atomic mass is 35.5. The molecule has 0 spiro atoms. The van der Waals surface area contributed by atoms with Gasteiger partial charge in [-0.2, -0.15) is 0 Å². The summed E-state index contributed by atoms with van der Waals surface area (Å²) in [6.45, 7) is 0. The standard InChI is InChI=1S/C12H4Cl2O4S2/c13-3-1-19-9-5(3)7(11(15)16)10-6(4(14)2-20-10)8(9)12(17)18/h1-2H,(H,15,16)(H,17,18). The predicted octanol–water partition coefficient (Wildman–Crippen LogP) is 4.82. The molecule has 0 radical (unpaired) electrons. The molecule has 0 amide bonds. The normalized spacial score (nSPS) is 11.3. The molecule has 0 unspecified atom stereocenters. The van der Waals surface area contributed by atoms with Gasteiger partial charge in [0.25, 0.3) is 0 Å². The molecule has 4 nitrogen and oxygen atoms in total. The lowest BCUT2D eigenvalue weighted by Gasteiger charge is -2.06. The summed E-state index contributed by atoms with van der Waals surface area (Å²) in [7, 11) is 0. The molecule has 0 saturated carbocycles. The molecule has 2 N–H and O–H groups in total. The number of benzene rings is 1. The lowest BCUT2D eigenvalue weighted by molar-refractivity contribution is 0.0687. The molecule has 2 heterocycles. The molecular formula is C12H4Cl2O4S2. The van der Waals surface area contributed by atoms with E-state index in [1.165, 1.54) is 10.8 Å². The molecule has 102 valence electrons. The van der Waals surface area contributed by atoms with Crippen LogP contribution < -0.4 is 0 Å². The quantitative estimate of drug-likeness (QED) is 0.697. The average molecular weight is 347 g/mol. The number of hydrogen-bond acceptors (Lipinski definition) is 4. The topological polar surface area (TPSA) is 74.6 Å². The lowest BCUT2D eigenvalue weighted by Crippen LogP contribution is -2.03. The van der Waals surface area contributed by atoms with Gasteiger partial charge in [0.05, 0.1) is 30.6 Å². The fourth-order valence-corrected chi connectivity index (χ4v) is 4.85. The van der Waals surface area contributed by atoms with Crippen LogP contribution in [0.1, 0.15) is 20.7 Å². The van der Waals surface area contributed by atoms with Gasteiger partial charge in [-0.15, -0.1) is 22.7 Å². The van der Waals surface area contributed by atoms with E-state index in [0.29, 0.717) is 9.40 Å². The van der Waals surface area contributed by atoms with Crippen molar-refractivity contribution in [1.82, 2.24) is 0 Å². The maximum Gasteiger partial charge on any atom is 0.337 e. The minimum Gasteiger partial charge on any atom is -0.478 e. The second-order valence-corrected chi connectivity index (χ2v) is 6.51. The van der Waals surface area contributed by atoms with Gasteiger partial charge in [0, 0.05) is 21.5 Å². The van der Waals surface area contributed by atoms with Gasteiger partial charge >= 0.3 is 11.9 Å². The van der Waals surface area contributed by atoms with Gasteiger partial charge in [0.15, 0.2) is 0 Å². The molecule has 0 aliphatic carbocycles. The van der Waals surface area contributed by atoms with Gasteiger partial charge in [0.2, 0.25) is 0 Å². The van der Waals surface area contributed by atoms with Crippen LogP contribution in [0.4, 0.5) is 0 Å². The Bertz CT molecular complexity index is 820. The van der Waals surface area contributed by atoms with Gasteiger partial charge < -0.3 is 10.2 Å². The highest BCUT2D eigenvalue weighted by molar-refractivity contribution is 7.20. The fourth-order valence-electron chi connectivity index (χ4n) is 2.14. The smallest absolute Gasteiger partial charge is 0.337 e. The zero-order chi connectivity index (χ0) is 14.6. The molecule has 20 heavy (non-hydrogen) atoms. The Morgan fingerprint density at radius 1 is 0.850 bits per heavy atom. The largest absolute Gasteiger partial charge is 0.478 e. The van der Waals surface area contributed by atoms with E-state index in [0.717, 1.165) is 22.7 Å². The Balaban J connectivity index is 2.72. The highest BCUT2D eigenvalue weighted by Crippen LogP contribution is 2.45. The number of aromatic carboxylic acids is 2. The van der Waals surface area contributed by atoms with Crippen molar-refractivity contribution in [3.8, 4) is 0 Å². The van der Waals surface area contributed by atoms with E-state index in [4.69, 9.17) is 23.2 Å². The summed E-state index contributed by atoms with van der Waals surface area (Å²) < 4.78 is 0.653. The van der Waals surface area contributed by atoms with E-state index < -0.39 is 11.9 Å². The first-order chi connectivity index (χ1) is 9.43. The molecule has 1 aromatic carbocycles. The van der Waals surface area contributed by atoms with Crippen LogP contribution in [-0.2, 0) is 0 Å². The van der Waals surface area contributed by atoms with E-state index in [2.05, 4.69) is 0 Å². The van der Waals surface area contributed by atoms with Crippen LogP contribution in [0.3, 0.4) is 0 Å². The van der Waals surface area contributed by atoms with Crippen LogP contribution in [0.25, 0.3) is 20.2 Å². The fraction of sp³-hybridized carbons (Fsp3) is 0. The van der Waals surface area contributed by atoms with Crippen LogP contribution >= 0.6 is 45.9 Å². The molecular weight excluding hydrogens is 343 g/mol. The Labute approximate surface area is 129 Å². The molecule has 0 atom stereocenters. The number of rotatable bonds is 2. The highest BCUT2D eigenvalue weighted by Gasteiger charge is 2.27. The van der Waals surface area contributed by atoms with E-state index >= 15 is 0 Å². The number of carboxylic acids is 2. The third kappa shape index (κ3) is 1.73. The average Bonchev–Trinajstić information content (AvgIpc) is 2.92. The maximum atomic E-state index is 11.5. The molecule has 8 heteroatoms. The molecule has 3 rings (SSSR count). The number of thiophene rings is 2. The van der Waals surface area contributed by atoms with Crippen molar-refractivity contribution in [3.63, 3.8) is 0 Å². The summed E-state index contributed by atoms with van der Waals surface area (Å²) in [6, 6.07) is 0. The van der Waals surface area contributed by atoms with Gasteiger partial charge in [-0.05, 0) is 0 Å².